The number of carbonyl (C=O) groups is 2. The lowest BCUT2D eigenvalue weighted by Gasteiger charge is -2.31. The van der Waals surface area contributed by atoms with Crippen LogP contribution in [0.15, 0.2) is 24.3 Å². The van der Waals surface area contributed by atoms with E-state index in [2.05, 4.69) is 15.5 Å². The van der Waals surface area contributed by atoms with E-state index in [1.807, 2.05) is 24.3 Å². The summed E-state index contributed by atoms with van der Waals surface area (Å²) < 4.78 is 11.6. The Balaban J connectivity index is 1.36. The number of benzene rings is 1. The van der Waals surface area contributed by atoms with Crippen LogP contribution in [0.4, 0.5) is 10.5 Å². The van der Waals surface area contributed by atoms with Gasteiger partial charge in [0.25, 0.3) is 0 Å². The average molecular weight is 432 g/mol. The van der Waals surface area contributed by atoms with Crippen molar-refractivity contribution in [2.45, 2.75) is 32.2 Å². The molecule has 4 rings (SSSR count). The van der Waals surface area contributed by atoms with E-state index in [0.29, 0.717) is 35.7 Å². The van der Waals surface area contributed by atoms with Gasteiger partial charge in [0.05, 0.1) is 13.2 Å². The maximum atomic E-state index is 12.5. The molecule has 1 aromatic heterocycles. The maximum Gasteiger partial charge on any atom is 0.348 e. The summed E-state index contributed by atoms with van der Waals surface area (Å²) in [5.74, 6) is 0.168. The lowest BCUT2D eigenvalue weighted by Crippen LogP contribution is -2.48. The van der Waals surface area contributed by atoms with Crippen LogP contribution in [-0.2, 0) is 9.47 Å². The number of carbonyl (C=O) groups excluding carboxylic acids is 2. The number of nitrogens with zero attached hydrogens (tertiary/aromatic N) is 1. The van der Waals surface area contributed by atoms with Crippen molar-refractivity contribution in [3.05, 3.63) is 29.1 Å². The minimum absolute atomic E-state index is 0.210. The summed E-state index contributed by atoms with van der Waals surface area (Å²) in [5.41, 5.74) is 0.704. The summed E-state index contributed by atoms with van der Waals surface area (Å²) in [5, 5.41) is 6.89. The number of thiophene rings is 1. The van der Waals surface area contributed by atoms with Crippen LogP contribution in [0.25, 0.3) is 10.1 Å². The fourth-order valence-electron chi connectivity index (χ4n) is 4.32. The summed E-state index contributed by atoms with van der Waals surface area (Å²) in [4.78, 5) is 27.5. The topological polar surface area (TPSA) is 79.9 Å². The van der Waals surface area contributed by atoms with Gasteiger partial charge in [-0.3, -0.25) is 4.90 Å². The third-order valence-corrected chi connectivity index (χ3v) is 6.94. The van der Waals surface area contributed by atoms with Gasteiger partial charge in [-0.15, -0.1) is 11.3 Å². The minimum Gasteiger partial charge on any atom is -0.462 e. The average Bonchev–Trinajstić information content (AvgIpc) is 3.50. The van der Waals surface area contributed by atoms with E-state index in [9.17, 15) is 9.59 Å². The molecule has 2 atom stereocenters. The van der Waals surface area contributed by atoms with E-state index in [4.69, 9.17) is 9.47 Å². The minimum atomic E-state index is -0.310. The van der Waals surface area contributed by atoms with Crippen LogP contribution >= 0.6 is 11.3 Å². The molecule has 2 fully saturated rings. The van der Waals surface area contributed by atoms with Crippen molar-refractivity contribution in [1.82, 2.24) is 10.2 Å². The van der Waals surface area contributed by atoms with Crippen molar-refractivity contribution in [1.29, 1.82) is 0 Å². The molecule has 0 spiro atoms. The number of fused-ring (bicyclic) bond motifs is 1. The number of amides is 2. The number of urea groups is 1. The zero-order chi connectivity index (χ0) is 20.9. The summed E-state index contributed by atoms with van der Waals surface area (Å²) in [6.07, 6.45) is 3.51. The number of esters is 1. The summed E-state index contributed by atoms with van der Waals surface area (Å²) in [6, 6.07) is 7.59. The first kappa shape index (κ1) is 21.1. The van der Waals surface area contributed by atoms with Crippen LogP contribution in [0.1, 0.15) is 35.9 Å². The second-order valence-corrected chi connectivity index (χ2v) is 8.94. The van der Waals surface area contributed by atoms with Gasteiger partial charge < -0.3 is 20.1 Å². The second kappa shape index (κ2) is 9.76. The summed E-state index contributed by atoms with van der Waals surface area (Å²) >= 11 is 1.40. The lowest BCUT2D eigenvalue weighted by molar-refractivity contribution is 0.0532. The van der Waals surface area contributed by atoms with Crippen LogP contribution in [0, 0.1) is 5.92 Å². The van der Waals surface area contributed by atoms with Crippen molar-refractivity contribution in [2.75, 3.05) is 44.8 Å². The van der Waals surface area contributed by atoms with Crippen molar-refractivity contribution in [3.63, 3.8) is 0 Å². The van der Waals surface area contributed by atoms with Gasteiger partial charge in [-0.25, -0.2) is 9.59 Å². The van der Waals surface area contributed by atoms with Crippen molar-refractivity contribution in [3.8, 4) is 0 Å². The molecule has 2 saturated heterocycles. The Morgan fingerprint density at radius 2 is 2.13 bits per heavy atom. The van der Waals surface area contributed by atoms with Crippen molar-refractivity contribution < 1.29 is 19.1 Å². The zero-order valence-corrected chi connectivity index (χ0v) is 18.1. The molecule has 2 amide bonds. The molecule has 2 aromatic rings. The van der Waals surface area contributed by atoms with E-state index in [1.54, 1.807) is 6.92 Å². The quantitative estimate of drug-likeness (QED) is 0.654. The number of ether oxygens (including phenoxy) is 2. The van der Waals surface area contributed by atoms with Gasteiger partial charge in [-0.2, -0.15) is 0 Å². The van der Waals surface area contributed by atoms with Crippen LogP contribution in [-0.4, -0.2) is 62.4 Å². The molecule has 2 aliphatic heterocycles. The molecule has 0 unspecified atom stereocenters. The molecule has 0 radical (unpaired) electrons. The third kappa shape index (κ3) is 4.94. The Hall–Kier alpha value is -2.16. The van der Waals surface area contributed by atoms with Gasteiger partial charge in [-0.05, 0) is 68.9 Å². The van der Waals surface area contributed by atoms with E-state index < -0.39 is 0 Å². The Morgan fingerprint density at radius 1 is 1.30 bits per heavy atom. The van der Waals surface area contributed by atoms with Crippen LogP contribution in [0.5, 0.6) is 0 Å². The second-order valence-electron chi connectivity index (χ2n) is 7.85. The monoisotopic (exact) mass is 431 g/mol. The van der Waals surface area contributed by atoms with Crippen LogP contribution in [0.2, 0.25) is 0 Å². The summed E-state index contributed by atoms with van der Waals surface area (Å²) in [7, 11) is 0. The molecule has 3 heterocycles. The van der Waals surface area contributed by atoms with Crippen LogP contribution in [0.3, 0.4) is 0 Å². The highest BCUT2D eigenvalue weighted by atomic mass is 32.1. The van der Waals surface area contributed by atoms with Gasteiger partial charge in [0.2, 0.25) is 0 Å². The first-order chi connectivity index (χ1) is 14.6. The highest BCUT2D eigenvalue weighted by Gasteiger charge is 2.32. The van der Waals surface area contributed by atoms with Gasteiger partial charge >= 0.3 is 12.0 Å². The largest absolute Gasteiger partial charge is 0.462 e. The van der Waals surface area contributed by atoms with E-state index in [-0.39, 0.29) is 12.0 Å². The van der Waals surface area contributed by atoms with E-state index in [1.165, 1.54) is 24.2 Å². The molecule has 0 saturated carbocycles. The molecule has 2 N–H and O–H groups in total. The molecule has 0 bridgehead atoms. The number of hydrogen-bond acceptors (Lipinski definition) is 6. The lowest BCUT2D eigenvalue weighted by atomic mass is 9.97. The highest BCUT2D eigenvalue weighted by molar-refractivity contribution is 7.20. The molecule has 30 heavy (non-hydrogen) atoms. The smallest absolute Gasteiger partial charge is 0.348 e. The molecule has 1 aromatic carbocycles. The number of rotatable bonds is 7. The Morgan fingerprint density at radius 3 is 2.87 bits per heavy atom. The molecule has 8 heteroatoms. The predicted molar refractivity (Wildman–Crippen MR) is 118 cm³/mol. The fraction of sp³-hybridized carbons (Fsp3) is 0.545. The Kier molecular flexibility index (Phi) is 6.86. The highest BCUT2D eigenvalue weighted by Crippen LogP contribution is 2.29. The number of likely N-dealkylation sites (tertiary alicyclic amines) is 1. The Labute approximate surface area is 180 Å². The predicted octanol–water partition coefficient (Wildman–Crippen LogP) is 3.70. The molecule has 7 nitrogen and oxygen atoms in total. The van der Waals surface area contributed by atoms with E-state index >= 15 is 0 Å². The standard InChI is InChI=1S/C22H29N3O4S/c1-2-29-21(26)20-12-16-11-17(5-6-19(16)30-20)24-22(27)23-13-18(15-7-10-28-14-15)25-8-3-4-9-25/h5-6,11-12,15,18H,2-4,7-10,13-14H2,1H3,(H2,23,24,27)/t15-,18+/m0/s1. The first-order valence-electron chi connectivity index (χ1n) is 10.7. The van der Waals surface area contributed by atoms with Crippen LogP contribution < -0.4 is 10.6 Å². The molecule has 0 aliphatic carbocycles. The number of anilines is 1. The number of nitrogens with one attached hydrogen (secondary N) is 2. The zero-order valence-electron chi connectivity index (χ0n) is 17.3. The first-order valence-corrected chi connectivity index (χ1v) is 11.5. The molecule has 162 valence electrons. The van der Waals surface area contributed by atoms with Gasteiger partial charge in [0.15, 0.2) is 0 Å². The fourth-order valence-corrected chi connectivity index (χ4v) is 5.26. The Bertz CT molecular complexity index is 872. The third-order valence-electron chi connectivity index (χ3n) is 5.84. The summed E-state index contributed by atoms with van der Waals surface area (Å²) in [6.45, 7) is 6.56. The molecular weight excluding hydrogens is 402 g/mol. The SMILES string of the molecule is CCOC(=O)c1cc2cc(NC(=O)NC[C@H]([C@H]3CCOC3)N3CCCC3)ccc2s1. The maximum absolute atomic E-state index is 12.5. The molecular formula is C22H29N3O4S. The van der Waals surface area contributed by atoms with Gasteiger partial charge in [0, 0.05) is 35.5 Å². The van der Waals surface area contributed by atoms with Crippen molar-refractivity contribution >= 4 is 39.1 Å². The van der Waals surface area contributed by atoms with Gasteiger partial charge in [-0.1, -0.05) is 0 Å². The van der Waals surface area contributed by atoms with Crippen molar-refractivity contribution in [2.24, 2.45) is 5.92 Å². The van der Waals surface area contributed by atoms with E-state index in [0.717, 1.165) is 42.8 Å². The number of hydrogen-bond donors (Lipinski definition) is 2. The molecule has 2 aliphatic rings. The van der Waals surface area contributed by atoms with Gasteiger partial charge in [0.1, 0.15) is 4.88 Å². The normalized spacial score (nSPS) is 20.4.